The molecule has 0 aliphatic heterocycles. The summed E-state index contributed by atoms with van der Waals surface area (Å²) in [5.74, 6) is 0.888. The quantitative estimate of drug-likeness (QED) is 0.376. The van der Waals surface area contributed by atoms with Crippen molar-refractivity contribution in [3.05, 3.63) is 75.5 Å². The fraction of sp³-hybridized carbons (Fsp3) is 0.444. The van der Waals surface area contributed by atoms with Crippen molar-refractivity contribution in [3.8, 4) is 0 Å². The summed E-state index contributed by atoms with van der Waals surface area (Å²) in [6.45, 7) is 8.72. The maximum absolute atomic E-state index is 6.44. The molecule has 7 heteroatoms. The maximum Gasteiger partial charge on any atom is 0.177 e. The molecule has 1 heterocycles. The number of halogens is 2. The molecule has 3 aromatic rings. The van der Waals surface area contributed by atoms with Gasteiger partial charge in [0.25, 0.3) is 0 Å². The fourth-order valence-corrected chi connectivity index (χ4v) is 5.21. The second-order valence-corrected chi connectivity index (χ2v) is 11.3. The number of tetrazole rings is 1. The van der Waals surface area contributed by atoms with Crippen molar-refractivity contribution < 1.29 is 0 Å². The highest BCUT2D eigenvalue weighted by molar-refractivity contribution is 6.35. The van der Waals surface area contributed by atoms with Crippen molar-refractivity contribution in [2.24, 2.45) is 5.41 Å². The lowest BCUT2D eigenvalue weighted by atomic mass is 9.79. The van der Waals surface area contributed by atoms with E-state index in [1.807, 2.05) is 22.9 Å². The van der Waals surface area contributed by atoms with E-state index >= 15 is 0 Å². The third-order valence-electron chi connectivity index (χ3n) is 6.63. The number of allylic oxidation sites excluding steroid dienone is 1. The van der Waals surface area contributed by atoms with Crippen LogP contribution in [0.5, 0.6) is 0 Å². The molecule has 34 heavy (non-hydrogen) atoms. The summed E-state index contributed by atoms with van der Waals surface area (Å²) in [5.41, 5.74) is 2.82. The number of anilines is 1. The monoisotopic (exact) mass is 497 g/mol. The Morgan fingerprint density at radius 2 is 1.74 bits per heavy atom. The Morgan fingerprint density at radius 3 is 2.38 bits per heavy atom. The highest BCUT2D eigenvalue weighted by atomic mass is 35.5. The van der Waals surface area contributed by atoms with Gasteiger partial charge in [-0.05, 0) is 65.4 Å². The predicted molar refractivity (Wildman–Crippen MR) is 141 cm³/mol. The van der Waals surface area contributed by atoms with E-state index in [2.05, 4.69) is 78.9 Å². The number of nitrogens with zero attached hydrogens (tertiary/aromatic N) is 4. The smallest absolute Gasteiger partial charge is 0.177 e. The minimum Gasteiger partial charge on any atom is -0.373 e. The molecule has 4 rings (SSSR count). The normalized spacial score (nSPS) is 17.1. The molecular formula is C27H33Cl2N5. The number of nitrogens with one attached hydrogen (secondary N) is 1. The zero-order valence-electron chi connectivity index (χ0n) is 20.4. The molecule has 0 bridgehead atoms. The highest BCUT2D eigenvalue weighted by Crippen LogP contribution is 2.42. The number of benzene rings is 2. The molecule has 1 saturated carbocycles. The summed E-state index contributed by atoms with van der Waals surface area (Å²) < 4.78 is 2.01. The molecule has 0 amide bonds. The van der Waals surface area contributed by atoms with Crippen LogP contribution >= 0.6 is 23.2 Å². The fourth-order valence-electron chi connectivity index (χ4n) is 4.74. The molecule has 0 saturated heterocycles. The second kappa shape index (κ2) is 10.1. The molecular weight excluding hydrogens is 465 g/mol. The van der Waals surface area contributed by atoms with Crippen LogP contribution < -0.4 is 5.32 Å². The Kier molecular flexibility index (Phi) is 7.34. The first kappa shape index (κ1) is 24.7. The highest BCUT2D eigenvalue weighted by Gasteiger charge is 2.41. The molecule has 0 spiro atoms. The van der Waals surface area contributed by atoms with E-state index in [9.17, 15) is 0 Å². The standard InChI is InChI=1S/C27H33Cl2N5/c1-19-8-13-22(14-9-19)30-27(16-6-5-7-17-27)25-31-32-33-34(25)24(26(2,3)4)15-11-20-10-12-21(28)18-23(20)29/h8-15,18,24,30H,5-7,16-17H2,1-4H3/b15-11+. The average molecular weight is 499 g/mol. The molecule has 0 radical (unpaired) electrons. The topological polar surface area (TPSA) is 55.6 Å². The maximum atomic E-state index is 6.44. The number of hydrogen-bond acceptors (Lipinski definition) is 4. The Morgan fingerprint density at radius 1 is 1.03 bits per heavy atom. The lowest BCUT2D eigenvalue weighted by Gasteiger charge is -2.39. The van der Waals surface area contributed by atoms with Gasteiger partial charge in [-0.3, -0.25) is 0 Å². The van der Waals surface area contributed by atoms with Crippen molar-refractivity contribution in [1.29, 1.82) is 0 Å². The Labute approximate surface area is 212 Å². The van der Waals surface area contributed by atoms with Crippen molar-refractivity contribution in [2.75, 3.05) is 5.32 Å². The molecule has 1 aliphatic carbocycles. The van der Waals surface area contributed by atoms with E-state index in [0.29, 0.717) is 10.0 Å². The van der Waals surface area contributed by atoms with Crippen molar-refractivity contribution in [2.45, 2.75) is 71.4 Å². The van der Waals surface area contributed by atoms with Crippen molar-refractivity contribution >= 4 is 35.0 Å². The van der Waals surface area contributed by atoms with Crippen LogP contribution in [-0.4, -0.2) is 20.2 Å². The first-order chi connectivity index (χ1) is 16.2. The van der Waals surface area contributed by atoms with Crippen molar-refractivity contribution in [3.63, 3.8) is 0 Å². The first-order valence-electron chi connectivity index (χ1n) is 11.9. The molecule has 1 aliphatic rings. The van der Waals surface area contributed by atoms with Crippen LogP contribution in [0.15, 0.2) is 48.5 Å². The van der Waals surface area contributed by atoms with Gasteiger partial charge in [0.15, 0.2) is 5.82 Å². The minimum atomic E-state index is -0.313. The van der Waals surface area contributed by atoms with Crippen LogP contribution in [0.3, 0.4) is 0 Å². The summed E-state index contributed by atoms with van der Waals surface area (Å²) in [6, 6.07) is 14.0. The van der Waals surface area contributed by atoms with Crippen LogP contribution in [-0.2, 0) is 5.54 Å². The van der Waals surface area contributed by atoms with Gasteiger partial charge >= 0.3 is 0 Å². The van der Waals surface area contributed by atoms with Gasteiger partial charge < -0.3 is 5.32 Å². The Hall–Kier alpha value is -2.37. The van der Waals surface area contributed by atoms with E-state index in [0.717, 1.165) is 42.8 Å². The van der Waals surface area contributed by atoms with Crippen LogP contribution in [0.2, 0.25) is 10.0 Å². The molecule has 1 atom stereocenters. The lowest BCUT2D eigenvalue weighted by Crippen LogP contribution is -2.42. The third-order valence-corrected chi connectivity index (χ3v) is 7.20. The Balaban J connectivity index is 1.74. The van der Waals surface area contributed by atoms with Crippen LogP contribution in [0.25, 0.3) is 6.08 Å². The van der Waals surface area contributed by atoms with E-state index in [1.54, 1.807) is 6.07 Å². The van der Waals surface area contributed by atoms with Crippen LogP contribution in [0.1, 0.15) is 75.9 Å². The molecule has 5 nitrogen and oxygen atoms in total. The average Bonchev–Trinajstić information content (AvgIpc) is 3.27. The van der Waals surface area contributed by atoms with E-state index in [1.165, 1.54) is 12.0 Å². The number of aryl methyl sites for hydroxylation is 1. The summed E-state index contributed by atoms with van der Waals surface area (Å²) in [6.07, 6.45) is 9.69. The molecule has 1 unspecified atom stereocenters. The number of rotatable bonds is 6. The molecule has 1 aromatic heterocycles. The van der Waals surface area contributed by atoms with E-state index < -0.39 is 0 Å². The summed E-state index contributed by atoms with van der Waals surface area (Å²) >= 11 is 12.5. The summed E-state index contributed by atoms with van der Waals surface area (Å²) in [4.78, 5) is 0. The van der Waals surface area contributed by atoms with Crippen LogP contribution in [0.4, 0.5) is 5.69 Å². The van der Waals surface area contributed by atoms with E-state index in [4.69, 9.17) is 23.2 Å². The van der Waals surface area contributed by atoms with Crippen LogP contribution in [0, 0.1) is 12.3 Å². The van der Waals surface area contributed by atoms with Gasteiger partial charge in [0, 0.05) is 15.7 Å². The first-order valence-corrected chi connectivity index (χ1v) is 12.7. The lowest BCUT2D eigenvalue weighted by molar-refractivity contribution is 0.237. The van der Waals surface area contributed by atoms with Gasteiger partial charge in [-0.25, -0.2) is 4.68 Å². The second-order valence-electron chi connectivity index (χ2n) is 10.4. The largest absolute Gasteiger partial charge is 0.373 e. The van der Waals surface area contributed by atoms with E-state index in [-0.39, 0.29) is 17.0 Å². The van der Waals surface area contributed by atoms with Crippen molar-refractivity contribution in [1.82, 2.24) is 20.2 Å². The molecule has 180 valence electrons. The van der Waals surface area contributed by atoms with Gasteiger partial charge in [0.2, 0.25) is 0 Å². The molecule has 1 fully saturated rings. The zero-order chi connectivity index (χ0) is 24.3. The van der Waals surface area contributed by atoms with Gasteiger partial charge in [-0.1, -0.05) is 99.2 Å². The minimum absolute atomic E-state index is 0.0668. The predicted octanol–water partition coefficient (Wildman–Crippen LogP) is 7.86. The van der Waals surface area contributed by atoms with Gasteiger partial charge in [-0.15, -0.1) is 5.10 Å². The molecule has 2 aromatic carbocycles. The molecule has 1 N–H and O–H groups in total. The number of hydrogen-bond donors (Lipinski definition) is 1. The van der Waals surface area contributed by atoms with Gasteiger partial charge in [-0.2, -0.15) is 0 Å². The third kappa shape index (κ3) is 5.47. The van der Waals surface area contributed by atoms with Gasteiger partial charge in [0.1, 0.15) is 0 Å². The summed E-state index contributed by atoms with van der Waals surface area (Å²) in [5, 5.41) is 18.4. The summed E-state index contributed by atoms with van der Waals surface area (Å²) in [7, 11) is 0. The van der Waals surface area contributed by atoms with Gasteiger partial charge in [0.05, 0.1) is 11.6 Å². The Bertz CT molecular complexity index is 1140. The zero-order valence-corrected chi connectivity index (χ0v) is 21.9. The number of aromatic nitrogens is 4. The SMILES string of the molecule is Cc1ccc(NC2(c3nnnn3C(/C=C/c3ccc(Cl)cc3Cl)C(C)(C)C)CCCCC2)cc1.